The molecule has 1 heterocycles. The lowest BCUT2D eigenvalue weighted by atomic mass is 9.97. The van der Waals surface area contributed by atoms with E-state index in [0.29, 0.717) is 24.9 Å². The normalized spacial score (nSPS) is 18.7. The van der Waals surface area contributed by atoms with Gasteiger partial charge in [-0.3, -0.25) is 9.59 Å². The molecule has 0 aromatic heterocycles. The van der Waals surface area contributed by atoms with Crippen LogP contribution in [0.5, 0.6) is 0 Å². The van der Waals surface area contributed by atoms with E-state index in [4.69, 9.17) is 0 Å². The highest BCUT2D eigenvalue weighted by Gasteiger charge is 2.34. The van der Waals surface area contributed by atoms with Gasteiger partial charge in [0.05, 0.1) is 0 Å². The number of amides is 2. The van der Waals surface area contributed by atoms with Crippen molar-refractivity contribution in [2.45, 2.75) is 46.0 Å². The summed E-state index contributed by atoms with van der Waals surface area (Å²) in [6, 6.07) is 6.19. The zero-order valence-corrected chi connectivity index (χ0v) is 15.0. The minimum absolute atomic E-state index is 0.107. The Balaban J connectivity index is 1.71. The molecule has 130 valence electrons. The van der Waals surface area contributed by atoms with Gasteiger partial charge in [-0.2, -0.15) is 0 Å². The predicted octanol–water partition coefficient (Wildman–Crippen LogP) is 3.20. The van der Waals surface area contributed by atoms with Crippen LogP contribution >= 0.6 is 0 Å². The average molecular weight is 328 g/mol. The monoisotopic (exact) mass is 328 g/mol. The quantitative estimate of drug-likeness (QED) is 0.855. The van der Waals surface area contributed by atoms with Gasteiger partial charge in [0.25, 0.3) is 5.91 Å². The third-order valence-corrected chi connectivity index (χ3v) is 5.18. The maximum Gasteiger partial charge on any atom is 0.254 e. The van der Waals surface area contributed by atoms with Crippen LogP contribution in [-0.4, -0.2) is 47.8 Å². The van der Waals surface area contributed by atoms with Crippen LogP contribution in [0.3, 0.4) is 0 Å². The van der Waals surface area contributed by atoms with Crippen LogP contribution in [-0.2, 0) is 4.79 Å². The van der Waals surface area contributed by atoms with E-state index in [1.54, 1.807) is 0 Å². The molecule has 4 heteroatoms. The third kappa shape index (κ3) is 3.63. The van der Waals surface area contributed by atoms with Gasteiger partial charge in [0.2, 0.25) is 5.91 Å². The van der Waals surface area contributed by atoms with E-state index in [2.05, 4.69) is 19.9 Å². The Morgan fingerprint density at radius 3 is 2.38 bits per heavy atom. The Morgan fingerprint density at radius 2 is 1.71 bits per heavy atom. The lowest BCUT2D eigenvalue weighted by molar-refractivity contribution is -0.132. The van der Waals surface area contributed by atoms with Crippen molar-refractivity contribution < 1.29 is 9.59 Å². The summed E-state index contributed by atoms with van der Waals surface area (Å²) in [4.78, 5) is 29.1. The number of benzene rings is 1. The number of nitrogens with zero attached hydrogens (tertiary/aromatic N) is 2. The first-order valence-corrected chi connectivity index (χ1v) is 9.16. The van der Waals surface area contributed by atoms with Crippen LogP contribution in [0.4, 0.5) is 0 Å². The molecule has 1 saturated heterocycles. The van der Waals surface area contributed by atoms with Crippen molar-refractivity contribution in [3.8, 4) is 0 Å². The second kappa shape index (κ2) is 6.96. The van der Waals surface area contributed by atoms with E-state index in [0.717, 1.165) is 43.5 Å². The molecule has 1 aromatic rings. The predicted molar refractivity (Wildman–Crippen MR) is 95.1 cm³/mol. The van der Waals surface area contributed by atoms with E-state index >= 15 is 0 Å². The van der Waals surface area contributed by atoms with Gasteiger partial charge in [-0.15, -0.1) is 0 Å². The summed E-state index contributed by atoms with van der Waals surface area (Å²) in [6.45, 7) is 9.12. The second-order valence-electron chi connectivity index (χ2n) is 7.47. The van der Waals surface area contributed by atoms with E-state index in [1.165, 1.54) is 5.56 Å². The summed E-state index contributed by atoms with van der Waals surface area (Å²) in [5, 5.41) is 0. The van der Waals surface area contributed by atoms with E-state index < -0.39 is 0 Å². The van der Waals surface area contributed by atoms with Crippen LogP contribution in [0.15, 0.2) is 18.2 Å². The Labute approximate surface area is 144 Å². The minimum atomic E-state index is 0.107. The zero-order valence-electron chi connectivity index (χ0n) is 15.0. The van der Waals surface area contributed by atoms with E-state index in [1.807, 2.05) is 28.9 Å². The van der Waals surface area contributed by atoms with Gasteiger partial charge in [0.1, 0.15) is 0 Å². The zero-order chi connectivity index (χ0) is 17.3. The highest BCUT2D eigenvalue weighted by atomic mass is 16.2. The summed E-state index contributed by atoms with van der Waals surface area (Å²) in [6.07, 6.45) is 2.95. The molecule has 4 nitrogen and oxygen atoms in total. The summed E-state index contributed by atoms with van der Waals surface area (Å²) < 4.78 is 0. The van der Waals surface area contributed by atoms with Crippen molar-refractivity contribution in [3.05, 3.63) is 34.9 Å². The Hall–Kier alpha value is -1.84. The van der Waals surface area contributed by atoms with Crippen molar-refractivity contribution in [2.24, 2.45) is 5.92 Å². The molecular weight excluding hydrogens is 300 g/mol. The average Bonchev–Trinajstić information content (AvgIpc) is 3.40. The molecule has 0 N–H and O–H groups in total. The molecule has 24 heavy (non-hydrogen) atoms. The van der Waals surface area contributed by atoms with Crippen molar-refractivity contribution in [1.82, 2.24) is 9.80 Å². The first kappa shape index (κ1) is 17.0. The Morgan fingerprint density at radius 1 is 1.04 bits per heavy atom. The molecule has 1 aromatic carbocycles. The fourth-order valence-corrected chi connectivity index (χ4v) is 3.33. The Kier molecular flexibility index (Phi) is 4.93. The molecule has 0 radical (unpaired) electrons. The summed E-state index contributed by atoms with van der Waals surface area (Å²) in [7, 11) is 0. The molecule has 1 aliphatic heterocycles. The van der Waals surface area contributed by atoms with Gasteiger partial charge in [0.15, 0.2) is 0 Å². The molecule has 0 bridgehead atoms. The number of aryl methyl sites for hydroxylation is 1. The molecule has 3 rings (SSSR count). The third-order valence-electron chi connectivity index (χ3n) is 5.18. The van der Waals surface area contributed by atoms with E-state index in [9.17, 15) is 9.59 Å². The molecule has 2 amide bonds. The van der Waals surface area contributed by atoms with Crippen LogP contribution in [0.1, 0.15) is 60.5 Å². The number of hydrogen-bond acceptors (Lipinski definition) is 2. The smallest absolute Gasteiger partial charge is 0.254 e. The second-order valence-corrected chi connectivity index (χ2v) is 7.47. The highest BCUT2D eigenvalue weighted by molar-refractivity contribution is 5.96. The molecule has 0 unspecified atom stereocenters. The SMILES string of the molecule is Cc1ccc(C(C)C)cc1C(=O)N1CCCN(C(=O)C2CC2)CC1. The first-order valence-electron chi connectivity index (χ1n) is 9.16. The minimum Gasteiger partial charge on any atom is -0.341 e. The summed E-state index contributed by atoms with van der Waals surface area (Å²) in [5.74, 6) is 1.07. The standard InChI is InChI=1S/C20H28N2O2/c1-14(2)17-6-5-15(3)18(13-17)20(24)22-10-4-9-21(11-12-22)19(23)16-7-8-16/h5-6,13-14,16H,4,7-12H2,1-3H3. The van der Waals surface area contributed by atoms with Gasteiger partial charge in [-0.25, -0.2) is 0 Å². The van der Waals surface area contributed by atoms with Crippen LogP contribution in [0.2, 0.25) is 0 Å². The van der Waals surface area contributed by atoms with Gasteiger partial charge < -0.3 is 9.80 Å². The van der Waals surface area contributed by atoms with Crippen molar-refractivity contribution in [3.63, 3.8) is 0 Å². The summed E-state index contributed by atoms with van der Waals surface area (Å²) in [5.41, 5.74) is 3.03. The summed E-state index contributed by atoms with van der Waals surface area (Å²) >= 11 is 0. The lowest BCUT2D eigenvalue weighted by Gasteiger charge is -2.23. The van der Waals surface area contributed by atoms with Gasteiger partial charge in [0, 0.05) is 37.7 Å². The maximum absolute atomic E-state index is 13.0. The van der Waals surface area contributed by atoms with Crippen LogP contribution < -0.4 is 0 Å². The largest absolute Gasteiger partial charge is 0.341 e. The van der Waals surface area contributed by atoms with Crippen LogP contribution in [0, 0.1) is 12.8 Å². The molecule has 1 saturated carbocycles. The highest BCUT2D eigenvalue weighted by Crippen LogP contribution is 2.31. The molecular formula is C20H28N2O2. The topological polar surface area (TPSA) is 40.6 Å². The fourth-order valence-electron chi connectivity index (χ4n) is 3.33. The van der Waals surface area contributed by atoms with Crippen molar-refractivity contribution in [1.29, 1.82) is 0 Å². The molecule has 0 atom stereocenters. The molecule has 2 aliphatic rings. The maximum atomic E-state index is 13.0. The first-order chi connectivity index (χ1) is 11.5. The number of hydrogen-bond donors (Lipinski definition) is 0. The van der Waals surface area contributed by atoms with Crippen molar-refractivity contribution >= 4 is 11.8 Å². The fraction of sp³-hybridized carbons (Fsp3) is 0.600. The molecule has 0 spiro atoms. The number of carbonyl (C=O) groups is 2. The Bertz CT molecular complexity index is 635. The van der Waals surface area contributed by atoms with Gasteiger partial charge >= 0.3 is 0 Å². The molecule has 2 fully saturated rings. The number of rotatable bonds is 3. The van der Waals surface area contributed by atoms with Crippen LogP contribution in [0.25, 0.3) is 0 Å². The van der Waals surface area contributed by atoms with Gasteiger partial charge in [-0.05, 0) is 49.3 Å². The lowest BCUT2D eigenvalue weighted by Crippen LogP contribution is -2.38. The van der Waals surface area contributed by atoms with E-state index in [-0.39, 0.29) is 11.8 Å². The van der Waals surface area contributed by atoms with Gasteiger partial charge in [-0.1, -0.05) is 26.0 Å². The number of carbonyl (C=O) groups excluding carboxylic acids is 2. The van der Waals surface area contributed by atoms with Crippen molar-refractivity contribution in [2.75, 3.05) is 26.2 Å². The molecule has 1 aliphatic carbocycles.